The third kappa shape index (κ3) is 2.69. The second-order valence-electron chi connectivity index (χ2n) is 11.4. The molecule has 0 amide bonds. The van der Waals surface area contributed by atoms with Crippen LogP contribution >= 0.6 is 0 Å². The van der Waals surface area contributed by atoms with Gasteiger partial charge in [0.15, 0.2) is 29.1 Å². The number of Topliss-reactive ketones (excluding diaryl/α,β-unsaturated/α-hetero) is 1. The van der Waals surface area contributed by atoms with Crippen LogP contribution in [0.5, 0.6) is 0 Å². The number of nitriles is 1. The lowest BCUT2D eigenvalue weighted by atomic mass is 9.44. The largest absolute Gasteiger partial charge is 0.390 e. The van der Waals surface area contributed by atoms with Crippen molar-refractivity contribution < 1.29 is 28.6 Å². The van der Waals surface area contributed by atoms with Gasteiger partial charge in [-0.1, -0.05) is 24.6 Å². The van der Waals surface area contributed by atoms with Gasteiger partial charge in [0.05, 0.1) is 24.7 Å². The summed E-state index contributed by atoms with van der Waals surface area (Å²) in [5, 5.41) is 21.0. The third-order valence-corrected chi connectivity index (χ3v) is 9.99. The molecule has 1 aliphatic heterocycles. The fourth-order valence-electron chi connectivity index (χ4n) is 8.32. The average Bonchev–Trinajstić information content (AvgIpc) is 3.35. The highest BCUT2D eigenvalue weighted by atomic mass is 19.1. The van der Waals surface area contributed by atoms with Crippen molar-refractivity contribution in [3.05, 3.63) is 53.9 Å². The molecule has 5 aliphatic rings. The Labute approximate surface area is 209 Å². The highest BCUT2D eigenvalue weighted by Gasteiger charge is 2.79. The summed E-state index contributed by atoms with van der Waals surface area (Å²) in [6, 6.07) is 5.51. The van der Waals surface area contributed by atoms with E-state index in [9.17, 15) is 20.0 Å². The minimum atomic E-state index is -2.01. The molecule has 188 valence electrons. The number of rotatable bonds is 3. The van der Waals surface area contributed by atoms with E-state index < -0.39 is 52.3 Å². The topological polar surface area (TPSA) is 110 Å². The van der Waals surface area contributed by atoms with Gasteiger partial charge in [0.25, 0.3) is 0 Å². The van der Waals surface area contributed by atoms with Gasteiger partial charge in [-0.3, -0.25) is 14.6 Å². The van der Waals surface area contributed by atoms with E-state index >= 15 is 4.39 Å². The summed E-state index contributed by atoms with van der Waals surface area (Å²) in [6.45, 7) is 3.65. The van der Waals surface area contributed by atoms with Crippen LogP contribution in [0.15, 0.2) is 48.3 Å². The van der Waals surface area contributed by atoms with Crippen molar-refractivity contribution in [1.82, 2.24) is 4.98 Å². The van der Waals surface area contributed by atoms with E-state index in [1.165, 1.54) is 12.2 Å². The molecule has 1 N–H and O–H groups in total. The van der Waals surface area contributed by atoms with Gasteiger partial charge in [0, 0.05) is 34.7 Å². The molecule has 6 rings (SSSR count). The second kappa shape index (κ2) is 7.64. The number of hydrogen-bond donors (Lipinski definition) is 1. The Bertz CT molecular complexity index is 1240. The van der Waals surface area contributed by atoms with Crippen LogP contribution < -0.4 is 0 Å². The van der Waals surface area contributed by atoms with E-state index in [0.29, 0.717) is 30.4 Å². The van der Waals surface area contributed by atoms with Crippen LogP contribution in [0, 0.1) is 34.0 Å². The Morgan fingerprint density at radius 1 is 1.36 bits per heavy atom. The first kappa shape index (κ1) is 23.7. The summed E-state index contributed by atoms with van der Waals surface area (Å²) < 4.78 is 30.2. The van der Waals surface area contributed by atoms with Crippen molar-refractivity contribution >= 4 is 11.6 Å². The maximum atomic E-state index is 17.4. The molecule has 0 radical (unpaired) electrons. The minimum Gasteiger partial charge on any atom is -0.390 e. The Morgan fingerprint density at radius 3 is 2.89 bits per heavy atom. The summed E-state index contributed by atoms with van der Waals surface area (Å²) in [6.07, 6.45) is 5.80. The Kier molecular flexibility index (Phi) is 5.02. The van der Waals surface area contributed by atoms with Gasteiger partial charge < -0.3 is 14.6 Å². The van der Waals surface area contributed by atoms with Gasteiger partial charge in [0.2, 0.25) is 0 Å². The molecule has 7 nitrogen and oxygen atoms in total. The van der Waals surface area contributed by atoms with Crippen molar-refractivity contribution in [2.75, 3.05) is 0 Å². The van der Waals surface area contributed by atoms with Crippen LogP contribution in [0.4, 0.5) is 4.39 Å². The van der Waals surface area contributed by atoms with Crippen LogP contribution in [0.3, 0.4) is 0 Å². The molecule has 2 heterocycles. The predicted octanol–water partition coefficient (Wildman–Crippen LogP) is 3.70. The number of alkyl halides is 1. The smallest absolute Gasteiger partial charge is 0.187 e. The zero-order valence-electron chi connectivity index (χ0n) is 20.3. The molecule has 1 aromatic heterocycles. The van der Waals surface area contributed by atoms with Crippen molar-refractivity contribution in [3.8, 4) is 6.07 Å². The first-order chi connectivity index (χ1) is 17.1. The first-order valence-electron chi connectivity index (χ1n) is 12.6. The van der Waals surface area contributed by atoms with Crippen LogP contribution in [-0.2, 0) is 19.1 Å². The Hall–Kier alpha value is -2.73. The lowest BCUT2D eigenvalue weighted by Crippen LogP contribution is -2.69. The summed E-state index contributed by atoms with van der Waals surface area (Å²) in [5.41, 5.74) is -4.20. The second-order valence-corrected chi connectivity index (χ2v) is 11.4. The van der Waals surface area contributed by atoms with Crippen LogP contribution in [0.2, 0.25) is 0 Å². The molecule has 0 spiro atoms. The summed E-state index contributed by atoms with van der Waals surface area (Å²) in [4.78, 5) is 29.9. The lowest BCUT2D eigenvalue weighted by molar-refractivity contribution is -0.230. The van der Waals surface area contributed by atoms with Crippen LogP contribution in [-0.4, -0.2) is 45.1 Å². The number of ketones is 2. The number of aliphatic hydroxyl groups is 1. The number of pyridine rings is 1. The number of hydrogen-bond acceptors (Lipinski definition) is 7. The van der Waals surface area contributed by atoms with Gasteiger partial charge in [-0.15, -0.1) is 0 Å². The van der Waals surface area contributed by atoms with E-state index in [2.05, 4.69) is 4.98 Å². The molecule has 9 atom stereocenters. The van der Waals surface area contributed by atoms with Gasteiger partial charge in [-0.25, -0.2) is 4.39 Å². The van der Waals surface area contributed by atoms with Crippen molar-refractivity contribution in [2.45, 2.75) is 75.7 Å². The molecule has 8 heteroatoms. The number of allylic oxidation sites excluding steroid dienone is 4. The molecule has 0 bridgehead atoms. The van der Waals surface area contributed by atoms with Gasteiger partial charge in [0.1, 0.15) is 0 Å². The summed E-state index contributed by atoms with van der Waals surface area (Å²) >= 11 is 0. The van der Waals surface area contributed by atoms with Gasteiger partial charge >= 0.3 is 0 Å². The first-order valence-corrected chi connectivity index (χ1v) is 12.6. The number of fused-ring (bicyclic) bond motifs is 7. The van der Waals surface area contributed by atoms with E-state index in [4.69, 9.17) is 9.47 Å². The number of carbonyl (C=O) groups is 2. The number of carbonyl (C=O) groups excluding carboxylic acids is 2. The SMILES string of the molecule is C[C@]12C=CC(=O)C=C1CC[C@H]1[C@@H]3C[C@H]4O[C@@H](c5cccnc5)O[C@@]4(C(=O)CC#N)[C@@]3(C)C[C@H](O)[C@@]12F. The molecular weight excluding hydrogens is 463 g/mol. The van der Waals surface area contributed by atoms with Gasteiger partial charge in [-0.05, 0) is 56.7 Å². The van der Waals surface area contributed by atoms with Gasteiger partial charge in [-0.2, -0.15) is 5.26 Å². The normalized spacial score (nSPS) is 46.7. The van der Waals surface area contributed by atoms with E-state index in [1.54, 1.807) is 37.5 Å². The number of nitrogens with zero attached hydrogens (tertiary/aromatic N) is 2. The average molecular weight is 493 g/mol. The molecule has 36 heavy (non-hydrogen) atoms. The van der Waals surface area contributed by atoms with Crippen LogP contribution in [0.1, 0.15) is 57.8 Å². The molecule has 1 aromatic rings. The van der Waals surface area contributed by atoms with E-state index in [0.717, 1.165) is 0 Å². The zero-order valence-corrected chi connectivity index (χ0v) is 20.3. The van der Waals surface area contributed by atoms with Crippen molar-refractivity contribution in [3.63, 3.8) is 0 Å². The van der Waals surface area contributed by atoms with Crippen LogP contribution in [0.25, 0.3) is 0 Å². The lowest BCUT2D eigenvalue weighted by Gasteiger charge is -2.62. The highest BCUT2D eigenvalue weighted by Crippen LogP contribution is 2.72. The minimum absolute atomic E-state index is 0.0217. The summed E-state index contributed by atoms with van der Waals surface area (Å²) in [5.74, 6) is -1.46. The standard InChI is InChI=1S/C28H29FN2O5/c1-25-9-7-18(32)12-17(25)5-6-19-20-13-23-28(21(33)8-10-30,26(20,2)14-22(34)27(19,25)29)36-24(35-23)16-4-3-11-31-15-16/h3-4,7,9,11-12,15,19-20,22-24,34H,5-6,8,13-14H2,1-2H3/t19-,20-,22-,23+,24+,25-,26-,27-,28+/m0/s1. The fraction of sp³-hybridized carbons (Fsp3) is 0.571. The number of halogens is 1. The molecule has 1 saturated heterocycles. The maximum Gasteiger partial charge on any atom is 0.187 e. The van der Waals surface area contributed by atoms with E-state index in [1.807, 2.05) is 13.0 Å². The summed E-state index contributed by atoms with van der Waals surface area (Å²) in [7, 11) is 0. The van der Waals surface area contributed by atoms with E-state index in [-0.39, 0.29) is 24.5 Å². The van der Waals surface area contributed by atoms with Crippen molar-refractivity contribution in [2.24, 2.45) is 22.7 Å². The molecule has 0 aromatic carbocycles. The molecule has 3 saturated carbocycles. The molecule has 0 unspecified atom stereocenters. The third-order valence-electron chi connectivity index (χ3n) is 9.99. The number of aliphatic hydroxyl groups excluding tert-OH is 1. The Morgan fingerprint density at radius 2 is 2.17 bits per heavy atom. The number of aromatic nitrogens is 1. The Balaban J connectivity index is 1.44. The molecule has 4 aliphatic carbocycles. The molecular formula is C28H29FN2O5. The zero-order chi connectivity index (χ0) is 25.5. The van der Waals surface area contributed by atoms with Crippen molar-refractivity contribution in [1.29, 1.82) is 5.26 Å². The number of ether oxygens (including phenoxy) is 2. The monoisotopic (exact) mass is 492 g/mol. The maximum absolute atomic E-state index is 17.4. The fourth-order valence-corrected chi connectivity index (χ4v) is 8.32. The molecule has 4 fully saturated rings. The highest BCUT2D eigenvalue weighted by molar-refractivity contribution is 6.01. The predicted molar refractivity (Wildman–Crippen MR) is 125 cm³/mol. The quantitative estimate of drug-likeness (QED) is 0.685.